The van der Waals surface area contributed by atoms with Crippen LogP contribution in [-0.4, -0.2) is 34.4 Å². The van der Waals surface area contributed by atoms with E-state index in [-0.39, 0.29) is 16.7 Å². The van der Waals surface area contributed by atoms with Crippen LogP contribution in [0, 0.1) is 10.1 Å². The van der Waals surface area contributed by atoms with E-state index in [1.807, 2.05) is 12.1 Å². The summed E-state index contributed by atoms with van der Waals surface area (Å²) in [5.41, 5.74) is 1.48. The van der Waals surface area contributed by atoms with Gasteiger partial charge in [-0.1, -0.05) is 6.42 Å². The van der Waals surface area contributed by atoms with Crippen molar-refractivity contribution in [2.75, 3.05) is 25.0 Å². The molecule has 3 aromatic rings. The fourth-order valence-electron chi connectivity index (χ4n) is 3.79. The Morgan fingerprint density at radius 2 is 2.04 bits per heavy atom. The van der Waals surface area contributed by atoms with Crippen LogP contribution < -0.4 is 5.32 Å². The Kier molecular flexibility index (Phi) is 5.02. The highest BCUT2D eigenvalue weighted by Crippen LogP contribution is 2.31. The smallest absolute Gasteiger partial charge is 0.278 e. The first kappa shape index (κ1) is 17.5. The van der Waals surface area contributed by atoms with Crippen molar-refractivity contribution in [3.8, 4) is 0 Å². The molecular weight excluding hydrogens is 344 g/mol. The summed E-state index contributed by atoms with van der Waals surface area (Å²) < 4.78 is 5.69. The average Bonchev–Trinajstić information content (AvgIpc) is 3.23. The highest BCUT2D eigenvalue weighted by molar-refractivity contribution is 5.96. The van der Waals surface area contributed by atoms with Gasteiger partial charge >= 0.3 is 0 Å². The summed E-state index contributed by atoms with van der Waals surface area (Å²) in [5, 5.41) is 15.3. The lowest BCUT2D eigenvalue weighted by atomic mass is 10.1. The first-order valence-electron chi connectivity index (χ1n) is 9.27. The van der Waals surface area contributed by atoms with Crippen molar-refractivity contribution in [2.45, 2.75) is 25.3 Å². The highest BCUT2D eigenvalue weighted by atomic mass is 16.6. The number of likely N-dealkylation sites (tertiary alicyclic amines) is 1. The highest BCUT2D eigenvalue weighted by Gasteiger charge is 2.25. The number of benzene rings is 1. The van der Waals surface area contributed by atoms with Gasteiger partial charge in [-0.15, -0.1) is 0 Å². The van der Waals surface area contributed by atoms with Gasteiger partial charge in [-0.3, -0.25) is 20.0 Å². The van der Waals surface area contributed by atoms with Gasteiger partial charge in [0.2, 0.25) is 0 Å². The zero-order valence-corrected chi connectivity index (χ0v) is 15.0. The van der Waals surface area contributed by atoms with Gasteiger partial charge in [0.15, 0.2) is 0 Å². The average molecular weight is 366 g/mol. The van der Waals surface area contributed by atoms with Crippen LogP contribution in [0.4, 0.5) is 11.4 Å². The number of furan rings is 1. The zero-order valence-electron chi connectivity index (χ0n) is 15.0. The van der Waals surface area contributed by atoms with Crippen molar-refractivity contribution in [3.05, 3.63) is 64.7 Å². The molecule has 7 heteroatoms. The molecule has 0 amide bonds. The maximum Gasteiger partial charge on any atom is 0.278 e. The molecule has 1 aliphatic rings. The number of anilines is 1. The molecular formula is C20H22N4O3. The first-order chi connectivity index (χ1) is 13.2. The Bertz CT molecular complexity index is 920. The Hall–Kier alpha value is -2.93. The summed E-state index contributed by atoms with van der Waals surface area (Å²) >= 11 is 0. The molecule has 0 radical (unpaired) electrons. The number of hydrogen-bond donors (Lipinski definition) is 1. The number of piperidine rings is 1. The number of fused-ring (bicyclic) bond motifs is 1. The number of rotatable bonds is 6. The van der Waals surface area contributed by atoms with Crippen LogP contribution in [0.15, 0.2) is 53.3 Å². The predicted octanol–water partition coefficient (Wildman–Crippen LogP) is 4.38. The Morgan fingerprint density at radius 1 is 1.19 bits per heavy atom. The zero-order chi connectivity index (χ0) is 18.6. The molecule has 1 atom stereocenters. The SMILES string of the molecule is O=[N+]([O-])c1ccc(NCC(c2ccco2)N2CCCCC2)c2ncccc12. The van der Waals surface area contributed by atoms with Crippen LogP contribution >= 0.6 is 0 Å². The number of hydrogen-bond acceptors (Lipinski definition) is 6. The minimum Gasteiger partial charge on any atom is -0.468 e. The summed E-state index contributed by atoms with van der Waals surface area (Å²) in [6.07, 6.45) is 7.02. The second-order valence-corrected chi connectivity index (χ2v) is 6.80. The van der Waals surface area contributed by atoms with Crippen molar-refractivity contribution in [2.24, 2.45) is 0 Å². The molecule has 0 bridgehead atoms. The van der Waals surface area contributed by atoms with Crippen LogP contribution in [0.5, 0.6) is 0 Å². The number of nitro benzene ring substituents is 1. The Labute approximate surface area is 157 Å². The summed E-state index contributed by atoms with van der Waals surface area (Å²) in [5.74, 6) is 0.934. The molecule has 0 aliphatic carbocycles. The lowest BCUT2D eigenvalue weighted by molar-refractivity contribution is -0.383. The van der Waals surface area contributed by atoms with Gasteiger partial charge in [0.1, 0.15) is 11.3 Å². The monoisotopic (exact) mass is 366 g/mol. The van der Waals surface area contributed by atoms with E-state index >= 15 is 0 Å². The van der Waals surface area contributed by atoms with Crippen molar-refractivity contribution in [3.63, 3.8) is 0 Å². The molecule has 27 heavy (non-hydrogen) atoms. The molecule has 1 saturated heterocycles. The molecule has 7 nitrogen and oxygen atoms in total. The number of nitrogens with one attached hydrogen (secondary N) is 1. The molecule has 0 spiro atoms. The van der Waals surface area contributed by atoms with E-state index < -0.39 is 0 Å². The number of aromatic nitrogens is 1. The molecule has 0 saturated carbocycles. The quantitative estimate of drug-likeness (QED) is 0.515. The fraction of sp³-hybridized carbons (Fsp3) is 0.350. The maximum atomic E-state index is 11.3. The standard InChI is InChI=1S/C20H22N4O3/c25-24(26)17-9-8-16(20-15(17)6-4-10-21-20)22-14-18(19-7-5-13-27-19)23-11-2-1-3-12-23/h4-10,13,18,22H,1-3,11-12,14H2. The normalized spacial score (nSPS) is 16.3. The third kappa shape index (κ3) is 3.64. The van der Waals surface area contributed by atoms with E-state index in [0.29, 0.717) is 17.4 Å². The Balaban J connectivity index is 1.61. The molecule has 1 unspecified atom stereocenters. The van der Waals surface area contributed by atoms with Crippen molar-refractivity contribution in [1.82, 2.24) is 9.88 Å². The van der Waals surface area contributed by atoms with Crippen LogP contribution in [0.2, 0.25) is 0 Å². The Morgan fingerprint density at radius 3 is 2.78 bits per heavy atom. The number of pyridine rings is 1. The molecule has 4 rings (SSSR count). The van der Waals surface area contributed by atoms with Crippen LogP contribution in [-0.2, 0) is 0 Å². The minimum atomic E-state index is -0.368. The van der Waals surface area contributed by atoms with E-state index in [4.69, 9.17) is 4.42 Å². The van der Waals surface area contributed by atoms with Crippen LogP contribution in [0.3, 0.4) is 0 Å². The summed E-state index contributed by atoms with van der Waals surface area (Å²) in [4.78, 5) is 17.7. The maximum absolute atomic E-state index is 11.3. The molecule has 1 aliphatic heterocycles. The van der Waals surface area contributed by atoms with E-state index in [1.165, 1.54) is 25.3 Å². The van der Waals surface area contributed by atoms with Gasteiger partial charge in [-0.2, -0.15) is 0 Å². The summed E-state index contributed by atoms with van der Waals surface area (Å²) in [6.45, 7) is 2.75. The molecule has 1 aromatic carbocycles. The first-order valence-corrected chi connectivity index (χ1v) is 9.27. The summed E-state index contributed by atoms with van der Waals surface area (Å²) in [6, 6.07) is 10.8. The van der Waals surface area contributed by atoms with E-state index in [0.717, 1.165) is 24.5 Å². The summed E-state index contributed by atoms with van der Waals surface area (Å²) in [7, 11) is 0. The van der Waals surface area contributed by atoms with Gasteiger partial charge in [0.05, 0.1) is 28.3 Å². The van der Waals surface area contributed by atoms with Crippen molar-refractivity contribution in [1.29, 1.82) is 0 Å². The van der Waals surface area contributed by atoms with Gasteiger partial charge in [-0.25, -0.2) is 0 Å². The van der Waals surface area contributed by atoms with Crippen molar-refractivity contribution < 1.29 is 9.34 Å². The van der Waals surface area contributed by atoms with Crippen LogP contribution in [0.25, 0.3) is 10.9 Å². The second kappa shape index (κ2) is 7.75. The largest absolute Gasteiger partial charge is 0.468 e. The second-order valence-electron chi connectivity index (χ2n) is 6.80. The van der Waals surface area contributed by atoms with E-state index in [1.54, 1.807) is 30.7 Å². The molecule has 3 heterocycles. The molecule has 2 aromatic heterocycles. The molecule has 1 N–H and O–H groups in total. The third-order valence-electron chi connectivity index (χ3n) is 5.13. The van der Waals surface area contributed by atoms with E-state index in [9.17, 15) is 10.1 Å². The third-order valence-corrected chi connectivity index (χ3v) is 5.13. The van der Waals surface area contributed by atoms with Gasteiger partial charge in [0, 0.05) is 18.8 Å². The number of non-ortho nitro benzene ring substituents is 1. The fourth-order valence-corrected chi connectivity index (χ4v) is 3.79. The molecule has 1 fully saturated rings. The number of nitrogens with zero attached hydrogens (tertiary/aromatic N) is 3. The van der Waals surface area contributed by atoms with Crippen molar-refractivity contribution >= 4 is 22.3 Å². The predicted molar refractivity (Wildman–Crippen MR) is 104 cm³/mol. The minimum absolute atomic E-state index is 0.0715. The van der Waals surface area contributed by atoms with Gasteiger partial charge in [-0.05, 0) is 56.3 Å². The lowest BCUT2D eigenvalue weighted by Crippen LogP contribution is -2.37. The van der Waals surface area contributed by atoms with Gasteiger partial charge in [0.25, 0.3) is 5.69 Å². The number of nitro groups is 1. The van der Waals surface area contributed by atoms with E-state index in [2.05, 4.69) is 15.2 Å². The van der Waals surface area contributed by atoms with Gasteiger partial charge < -0.3 is 9.73 Å². The molecule has 140 valence electrons. The lowest BCUT2D eigenvalue weighted by Gasteiger charge is -2.33. The topological polar surface area (TPSA) is 84.4 Å². The van der Waals surface area contributed by atoms with Crippen LogP contribution in [0.1, 0.15) is 31.1 Å².